The maximum absolute atomic E-state index is 16.4. The molecule has 0 saturated heterocycles. The molecule has 1 aliphatic heterocycles. The third-order valence-electron chi connectivity index (χ3n) is 6.91. The first kappa shape index (κ1) is 22.1. The van der Waals surface area contributed by atoms with E-state index in [4.69, 9.17) is 4.74 Å². The van der Waals surface area contributed by atoms with Crippen LogP contribution in [0, 0.1) is 5.92 Å². The molecule has 2 aromatic rings. The predicted molar refractivity (Wildman–Crippen MR) is 119 cm³/mol. The second kappa shape index (κ2) is 9.15. The van der Waals surface area contributed by atoms with Crippen LogP contribution in [0.15, 0.2) is 54.6 Å². The Morgan fingerprint density at radius 3 is 2.45 bits per heavy atom. The Hall–Kier alpha value is -2.14. The van der Waals surface area contributed by atoms with Crippen molar-refractivity contribution in [2.24, 2.45) is 5.92 Å². The van der Waals surface area contributed by atoms with Crippen LogP contribution in [0.5, 0.6) is 5.75 Å². The predicted octanol–water partition coefficient (Wildman–Crippen LogP) is 6.55. The van der Waals surface area contributed by atoms with E-state index in [-0.39, 0.29) is 6.42 Å². The average molecular weight is 430 g/mol. The SMILES string of the molecule is CCCCC1(C(F)(F)C(O)C2CCCCC2)Oc2ccccc2N1Cc1ccccc1. The zero-order valence-corrected chi connectivity index (χ0v) is 18.3. The molecule has 0 bridgehead atoms. The number of halogens is 2. The summed E-state index contributed by atoms with van der Waals surface area (Å²) in [5, 5.41) is 11.0. The van der Waals surface area contributed by atoms with Gasteiger partial charge in [-0.1, -0.05) is 75.1 Å². The molecule has 0 aromatic heterocycles. The summed E-state index contributed by atoms with van der Waals surface area (Å²) in [6.45, 7) is 2.29. The first-order valence-electron chi connectivity index (χ1n) is 11.6. The van der Waals surface area contributed by atoms with Gasteiger partial charge in [-0.25, -0.2) is 0 Å². The molecule has 1 heterocycles. The maximum Gasteiger partial charge on any atom is 0.331 e. The number of aliphatic hydroxyl groups is 1. The van der Waals surface area contributed by atoms with Crippen molar-refractivity contribution in [1.29, 1.82) is 0 Å². The van der Waals surface area contributed by atoms with Crippen LogP contribution in [0.4, 0.5) is 14.5 Å². The molecule has 1 saturated carbocycles. The number of aliphatic hydroxyl groups excluding tert-OH is 1. The summed E-state index contributed by atoms with van der Waals surface area (Å²) in [6, 6.07) is 16.9. The molecule has 3 nitrogen and oxygen atoms in total. The summed E-state index contributed by atoms with van der Waals surface area (Å²) in [5.74, 6) is -3.35. The molecule has 1 N–H and O–H groups in total. The topological polar surface area (TPSA) is 32.7 Å². The second-order valence-electron chi connectivity index (χ2n) is 9.00. The number of alkyl halides is 2. The molecule has 2 atom stereocenters. The number of anilines is 1. The largest absolute Gasteiger partial charge is 0.459 e. The Morgan fingerprint density at radius 2 is 1.74 bits per heavy atom. The molecule has 1 fully saturated rings. The minimum Gasteiger partial charge on any atom is -0.459 e. The van der Waals surface area contributed by atoms with Crippen molar-refractivity contribution in [2.45, 2.75) is 82.6 Å². The number of hydrogen-bond acceptors (Lipinski definition) is 3. The van der Waals surface area contributed by atoms with E-state index >= 15 is 8.78 Å². The lowest BCUT2D eigenvalue weighted by Crippen LogP contribution is -2.67. The number of benzene rings is 2. The third kappa shape index (κ3) is 4.05. The molecule has 0 spiro atoms. The summed E-state index contributed by atoms with van der Waals surface area (Å²) in [6.07, 6.45) is 3.93. The molecule has 1 aliphatic carbocycles. The standard InChI is InChI=1S/C26H33F2NO2/c1-2-3-18-25(26(27,28)24(30)21-14-8-5-9-15-21)29(19-20-12-6-4-7-13-20)22-16-10-11-17-23(22)31-25/h4,6-7,10-13,16-17,21,24,30H,2-3,5,8-9,14-15,18-19H2,1H3. The lowest BCUT2D eigenvalue weighted by atomic mass is 9.79. The summed E-state index contributed by atoms with van der Waals surface area (Å²) in [7, 11) is 0. The summed E-state index contributed by atoms with van der Waals surface area (Å²) in [5.41, 5.74) is -0.302. The molecular formula is C26H33F2NO2. The molecule has 5 heteroatoms. The van der Waals surface area contributed by atoms with Crippen molar-refractivity contribution in [3.05, 3.63) is 60.2 Å². The number of rotatable bonds is 8. The fraction of sp³-hybridized carbons (Fsp3) is 0.538. The highest BCUT2D eigenvalue weighted by Crippen LogP contribution is 2.54. The van der Waals surface area contributed by atoms with Gasteiger partial charge < -0.3 is 14.7 Å². The van der Waals surface area contributed by atoms with Crippen LogP contribution in [-0.2, 0) is 6.54 Å². The van der Waals surface area contributed by atoms with E-state index in [2.05, 4.69) is 0 Å². The van der Waals surface area contributed by atoms with Crippen LogP contribution in [-0.4, -0.2) is 22.9 Å². The molecular weight excluding hydrogens is 396 g/mol. The molecule has 168 valence electrons. The zero-order chi connectivity index (χ0) is 21.9. The first-order valence-corrected chi connectivity index (χ1v) is 11.6. The number of nitrogens with zero attached hydrogens (tertiary/aromatic N) is 1. The van der Waals surface area contributed by atoms with Gasteiger partial charge in [0.2, 0.25) is 5.72 Å². The van der Waals surface area contributed by atoms with Crippen LogP contribution in [0.25, 0.3) is 0 Å². The van der Waals surface area contributed by atoms with E-state index in [0.717, 1.165) is 31.2 Å². The van der Waals surface area contributed by atoms with Gasteiger partial charge in [0.1, 0.15) is 11.9 Å². The van der Waals surface area contributed by atoms with Gasteiger partial charge in [-0.2, -0.15) is 8.78 Å². The average Bonchev–Trinajstić information content (AvgIpc) is 3.13. The van der Waals surface area contributed by atoms with Crippen LogP contribution < -0.4 is 9.64 Å². The van der Waals surface area contributed by atoms with E-state index in [1.807, 2.05) is 55.5 Å². The fourth-order valence-corrected chi connectivity index (χ4v) is 5.17. The fourth-order valence-electron chi connectivity index (χ4n) is 5.17. The Morgan fingerprint density at radius 1 is 1.06 bits per heavy atom. The van der Waals surface area contributed by atoms with E-state index in [1.165, 1.54) is 0 Å². The van der Waals surface area contributed by atoms with Gasteiger partial charge in [0.05, 0.1) is 5.69 Å². The number of unbranched alkanes of at least 4 members (excludes halogenated alkanes) is 1. The smallest absolute Gasteiger partial charge is 0.331 e. The summed E-state index contributed by atoms with van der Waals surface area (Å²) in [4.78, 5) is 1.71. The van der Waals surface area contributed by atoms with E-state index < -0.39 is 23.7 Å². The number of para-hydroxylation sites is 2. The van der Waals surface area contributed by atoms with E-state index in [1.54, 1.807) is 11.0 Å². The van der Waals surface area contributed by atoms with E-state index in [9.17, 15) is 5.11 Å². The van der Waals surface area contributed by atoms with Crippen molar-refractivity contribution < 1.29 is 18.6 Å². The molecule has 31 heavy (non-hydrogen) atoms. The van der Waals surface area contributed by atoms with Crippen LogP contribution in [0.3, 0.4) is 0 Å². The minimum absolute atomic E-state index is 0.155. The zero-order valence-electron chi connectivity index (χ0n) is 18.3. The van der Waals surface area contributed by atoms with Crippen molar-refractivity contribution >= 4 is 5.69 Å². The van der Waals surface area contributed by atoms with Crippen molar-refractivity contribution in [3.63, 3.8) is 0 Å². The lowest BCUT2D eigenvalue weighted by molar-refractivity contribution is -0.232. The molecule has 0 amide bonds. The molecule has 0 radical (unpaired) electrons. The van der Waals surface area contributed by atoms with Crippen molar-refractivity contribution in [1.82, 2.24) is 0 Å². The van der Waals surface area contributed by atoms with Crippen LogP contribution >= 0.6 is 0 Å². The minimum atomic E-state index is -3.42. The number of hydrogen-bond donors (Lipinski definition) is 1. The van der Waals surface area contributed by atoms with Gasteiger partial charge in [-0.15, -0.1) is 0 Å². The Labute approximate surface area is 184 Å². The van der Waals surface area contributed by atoms with Gasteiger partial charge in [-0.3, -0.25) is 0 Å². The molecule has 2 aromatic carbocycles. The first-order chi connectivity index (χ1) is 15.0. The monoisotopic (exact) mass is 429 g/mol. The number of fused-ring (bicyclic) bond motifs is 1. The van der Waals surface area contributed by atoms with Crippen LogP contribution in [0.2, 0.25) is 0 Å². The highest BCUT2D eigenvalue weighted by molar-refractivity contribution is 5.65. The van der Waals surface area contributed by atoms with E-state index in [0.29, 0.717) is 37.2 Å². The summed E-state index contributed by atoms with van der Waals surface area (Å²) < 4.78 is 38.9. The van der Waals surface area contributed by atoms with Crippen LogP contribution in [0.1, 0.15) is 63.9 Å². The lowest BCUT2D eigenvalue weighted by Gasteiger charge is -2.47. The van der Waals surface area contributed by atoms with Crippen molar-refractivity contribution in [2.75, 3.05) is 4.90 Å². The normalized spacial score (nSPS) is 22.8. The third-order valence-corrected chi connectivity index (χ3v) is 6.91. The van der Waals surface area contributed by atoms with Crippen molar-refractivity contribution in [3.8, 4) is 5.75 Å². The highest BCUT2D eigenvalue weighted by Gasteiger charge is 2.67. The quantitative estimate of drug-likeness (QED) is 0.517. The summed E-state index contributed by atoms with van der Waals surface area (Å²) >= 11 is 0. The van der Waals surface area contributed by atoms with Gasteiger partial charge in [-0.05, 0) is 42.9 Å². The van der Waals surface area contributed by atoms with Gasteiger partial charge in [0, 0.05) is 13.0 Å². The Bertz CT molecular complexity index is 853. The van der Waals surface area contributed by atoms with Gasteiger partial charge >= 0.3 is 5.92 Å². The Kier molecular flexibility index (Phi) is 6.52. The molecule has 2 unspecified atom stereocenters. The molecule has 2 aliphatic rings. The van der Waals surface area contributed by atoms with Gasteiger partial charge in [0.25, 0.3) is 0 Å². The van der Waals surface area contributed by atoms with Gasteiger partial charge in [0.15, 0.2) is 0 Å². The maximum atomic E-state index is 16.4. The highest BCUT2D eigenvalue weighted by atomic mass is 19.3. The number of ether oxygens (including phenoxy) is 1. The Balaban J connectivity index is 1.77. The second-order valence-corrected chi connectivity index (χ2v) is 9.00. The molecule has 4 rings (SSSR count).